The first kappa shape index (κ1) is 29.6. The highest BCUT2D eigenvalue weighted by molar-refractivity contribution is 6.27. The molecule has 2 aromatic heterocycles. The van der Waals surface area contributed by atoms with Crippen molar-refractivity contribution in [1.82, 2.24) is 20.4 Å². The molecule has 0 fully saturated rings. The van der Waals surface area contributed by atoms with Gasteiger partial charge in [0.2, 0.25) is 0 Å². The van der Waals surface area contributed by atoms with Crippen LogP contribution in [0, 0.1) is 0 Å². The molecule has 0 atom stereocenters. The van der Waals surface area contributed by atoms with Crippen LogP contribution in [0.5, 0.6) is 0 Å². The molecule has 0 spiro atoms. The van der Waals surface area contributed by atoms with Crippen LogP contribution in [0.4, 0.5) is 13.2 Å². The van der Waals surface area contributed by atoms with Gasteiger partial charge in [0.15, 0.2) is 28.8 Å². The lowest BCUT2D eigenvalue weighted by Gasteiger charge is -2.20. The fraction of sp³-hybridized carbons (Fsp3) is 0.176. The van der Waals surface area contributed by atoms with Crippen molar-refractivity contribution in [2.75, 3.05) is 0 Å². The van der Waals surface area contributed by atoms with Gasteiger partial charge in [-0.25, -0.2) is 0 Å². The number of allylic oxidation sites excluding steroid dienone is 4. The number of carbonyl (C=O) groups excluding carboxylic acids is 4. The third kappa shape index (κ3) is 5.52. The lowest BCUT2D eigenvalue weighted by molar-refractivity contribution is -0.141. The number of alkyl halides is 3. The number of hydrogen-bond acceptors (Lipinski definition) is 8. The third-order valence-corrected chi connectivity index (χ3v) is 8.01. The maximum atomic E-state index is 13.3. The summed E-state index contributed by atoms with van der Waals surface area (Å²) in [5, 5.41) is 15.3. The van der Waals surface area contributed by atoms with Crippen molar-refractivity contribution in [2.45, 2.75) is 39.3 Å². The van der Waals surface area contributed by atoms with Crippen molar-refractivity contribution in [3.05, 3.63) is 140 Å². The van der Waals surface area contributed by atoms with Gasteiger partial charge in [-0.3, -0.25) is 19.2 Å². The van der Waals surface area contributed by atoms with Crippen molar-refractivity contribution in [3.8, 4) is 0 Å². The molecule has 0 saturated heterocycles. The average Bonchev–Trinajstić information content (AvgIpc) is 3.03. The third-order valence-electron chi connectivity index (χ3n) is 8.01. The molecule has 2 aliphatic rings. The molecule has 0 N–H and O–H groups in total. The normalized spacial score (nSPS) is 15.0. The molecule has 0 unspecified atom stereocenters. The van der Waals surface area contributed by atoms with Crippen molar-refractivity contribution < 1.29 is 32.3 Å². The molecule has 11 heteroatoms. The summed E-state index contributed by atoms with van der Waals surface area (Å²) in [5.74, 6) is -1.15. The van der Waals surface area contributed by atoms with Gasteiger partial charge in [0.1, 0.15) is 0 Å². The van der Waals surface area contributed by atoms with E-state index in [0.29, 0.717) is 45.6 Å². The van der Waals surface area contributed by atoms with Gasteiger partial charge >= 0.3 is 6.18 Å². The number of Topliss-reactive ketones (excluding diaryl/α,β-unsaturated/α-hetero) is 4. The zero-order valence-corrected chi connectivity index (χ0v) is 24.0. The molecule has 2 aliphatic carbocycles. The maximum Gasteiger partial charge on any atom is 0.435 e. The lowest BCUT2D eigenvalue weighted by Crippen LogP contribution is -2.23. The fourth-order valence-electron chi connectivity index (χ4n) is 5.49. The van der Waals surface area contributed by atoms with E-state index in [4.69, 9.17) is 0 Å². The zero-order chi connectivity index (χ0) is 32.0. The first-order chi connectivity index (χ1) is 21.4. The Bertz CT molecular complexity index is 1990. The number of fused-ring (bicyclic) bond motifs is 2. The zero-order valence-electron chi connectivity index (χ0n) is 24.0. The number of ketones is 4. The molecule has 0 aliphatic heterocycles. The summed E-state index contributed by atoms with van der Waals surface area (Å²) in [6.07, 6.45) is -4.30. The molecule has 0 radical (unpaired) electrons. The second-order valence-electron chi connectivity index (χ2n) is 10.9. The van der Waals surface area contributed by atoms with E-state index in [9.17, 15) is 32.3 Å². The molecular formula is C34H23F3N4O4. The first-order valence-electron chi connectivity index (χ1n) is 13.9. The van der Waals surface area contributed by atoms with Crippen molar-refractivity contribution in [3.63, 3.8) is 0 Å². The minimum Gasteiger partial charge on any atom is -0.289 e. The highest BCUT2D eigenvalue weighted by Crippen LogP contribution is 2.31. The standard InChI is InChI=1S/C34H23F3N4O4/c1-17-26(32(44)24-6-4-3-5-23(24)30(17)42)15-21-9-8-20(38-39-21)13-19-7-11-25-28(14-19)31(43)18(2)27(33(25)45)16-22-10-12-29(41-40-22)34(35,36)37/h3-12,14H,13,15-16H2,1-2H3. The SMILES string of the molecule is CC1=C(Cc2ccc(Cc3ccc4c(c3)C(=O)C(C)=C(Cc3ccc(C(F)(F)F)nn3)C4=O)nn2)C(=O)c2ccccc2C1=O. The Labute approximate surface area is 254 Å². The Morgan fingerprint density at radius 1 is 0.533 bits per heavy atom. The van der Waals surface area contributed by atoms with Crippen LogP contribution >= 0.6 is 0 Å². The maximum absolute atomic E-state index is 13.3. The predicted molar refractivity (Wildman–Crippen MR) is 155 cm³/mol. The van der Waals surface area contributed by atoms with Crippen molar-refractivity contribution in [1.29, 1.82) is 0 Å². The van der Waals surface area contributed by atoms with E-state index in [1.165, 1.54) is 6.92 Å². The number of rotatable bonds is 6. The summed E-state index contributed by atoms with van der Waals surface area (Å²) >= 11 is 0. The van der Waals surface area contributed by atoms with Crippen LogP contribution in [0.3, 0.4) is 0 Å². The van der Waals surface area contributed by atoms with Crippen LogP contribution in [0.2, 0.25) is 0 Å². The van der Waals surface area contributed by atoms with Gasteiger partial charge in [0.05, 0.1) is 17.1 Å². The second-order valence-corrected chi connectivity index (χ2v) is 10.9. The number of aromatic nitrogens is 4. The quantitative estimate of drug-likeness (QED) is 0.271. The van der Waals surface area contributed by atoms with E-state index in [2.05, 4.69) is 20.4 Å². The molecular weight excluding hydrogens is 585 g/mol. The number of benzene rings is 2. The summed E-state index contributed by atoms with van der Waals surface area (Å²) in [5.41, 5.74) is 3.12. The highest BCUT2D eigenvalue weighted by Gasteiger charge is 2.34. The summed E-state index contributed by atoms with van der Waals surface area (Å²) in [4.78, 5) is 52.4. The van der Waals surface area contributed by atoms with Crippen LogP contribution < -0.4 is 0 Å². The molecule has 8 nitrogen and oxygen atoms in total. The number of halogens is 3. The van der Waals surface area contributed by atoms with E-state index in [1.807, 2.05) is 0 Å². The molecule has 0 saturated carbocycles. The van der Waals surface area contributed by atoms with Gasteiger partial charge in [-0.05, 0) is 49.7 Å². The molecule has 0 amide bonds. The van der Waals surface area contributed by atoms with E-state index in [-0.39, 0.29) is 58.2 Å². The summed E-state index contributed by atoms with van der Waals surface area (Å²) in [6.45, 7) is 3.14. The highest BCUT2D eigenvalue weighted by atomic mass is 19.4. The topological polar surface area (TPSA) is 120 Å². The van der Waals surface area contributed by atoms with E-state index in [0.717, 1.165) is 12.1 Å². The summed E-state index contributed by atoms with van der Waals surface area (Å²) in [6, 6.07) is 17.0. The first-order valence-corrected chi connectivity index (χ1v) is 13.9. The van der Waals surface area contributed by atoms with Gasteiger partial charge in [0, 0.05) is 63.8 Å². The fourth-order valence-corrected chi connectivity index (χ4v) is 5.49. The van der Waals surface area contributed by atoms with Crippen LogP contribution in [0.25, 0.3) is 0 Å². The number of hydrogen-bond donors (Lipinski definition) is 0. The van der Waals surface area contributed by atoms with Crippen LogP contribution in [0.1, 0.15) is 83.6 Å². The largest absolute Gasteiger partial charge is 0.435 e. The summed E-state index contributed by atoms with van der Waals surface area (Å²) < 4.78 is 38.5. The van der Waals surface area contributed by atoms with Crippen LogP contribution in [-0.4, -0.2) is 43.5 Å². The molecule has 6 rings (SSSR count). The smallest absolute Gasteiger partial charge is 0.289 e. The number of nitrogens with zero attached hydrogens (tertiary/aromatic N) is 4. The molecule has 2 heterocycles. The Balaban J connectivity index is 1.17. The van der Waals surface area contributed by atoms with Gasteiger partial charge in [-0.1, -0.05) is 36.4 Å². The summed E-state index contributed by atoms with van der Waals surface area (Å²) in [7, 11) is 0. The predicted octanol–water partition coefficient (Wildman–Crippen LogP) is 5.75. The Hall–Kier alpha value is -5.45. The van der Waals surface area contributed by atoms with Crippen molar-refractivity contribution >= 4 is 23.1 Å². The van der Waals surface area contributed by atoms with Gasteiger partial charge in [-0.2, -0.15) is 28.5 Å². The number of carbonyl (C=O) groups is 4. The van der Waals surface area contributed by atoms with Gasteiger partial charge in [0.25, 0.3) is 0 Å². The van der Waals surface area contributed by atoms with E-state index < -0.39 is 17.7 Å². The van der Waals surface area contributed by atoms with Gasteiger partial charge in [-0.15, -0.1) is 5.10 Å². The average molecular weight is 609 g/mol. The Morgan fingerprint density at radius 2 is 1.00 bits per heavy atom. The molecule has 45 heavy (non-hydrogen) atoms. The minimum atomic E-state index is -4.64. The second kappa shape index (κ2) is 11.2. The Morgan fingerprint density at radius 3 is 1.51 bits per heavy atom. The van der Waals surface area contributed by atoms with E-state index >= 15 is 0 Å². The Kier molecular flexibility index (Phi) is 7.39. The van der Waals surface area contributed by atoms with Crippen LogP contribution in [0.15, 0.2) is 89.0 Å². The van der Waals surface area contributed by atoms with E-state index in [1.54, 1.807) is 61.5 Å². The van der Waals surface area contributed by atoms with Crippen molar-refractivity contribution in [2.24, 2.45) is 0 Å². The monoisotopic (exact) mass is 608 g/mol. The molecule has 224 valence electrons. The lowest BCUT2D eigenvalue weighted by atomic mass is 9.82. The van der Waals surface area contributed by atoms with Crippen LogP contribution in [-0.2, 0) is 25.4 Å². The molecule has 0 bridgehead atoms. The molecule has 2 aromatic carbocycles. The van der Waals surface area contributed by atoms with Gasteiger partial charge < -0.3 is 0 Å². The molecule has 4 aromatic rings. The minimum absolute atomic E-state index is 0.132.